The van der Waals surface area contributed by atoms with Crippen LogP contribution >= 0.6 is 0 Å². The minimum absolute atomic E-state index is 0.434. The van der Waals surface area contributed by atoms with Crippen molar-refractivity contribution >= 4 is 16.9 Å². The first-order valence-electron chi connectivity index (χ1n) is 5.02. The van der Waals surface area contributed by atoms with Crippen LogP contribution in [0.25, 0.3) is 22.6 Å². The number of nitrogen functional groups attached to an aromatic ring is 1. The lowest BCUT2D eigenvalue weighted by molar-refractivity contribution is 0.414. The Morgan fingerprint density at radius 3 is 3.00 bits per heavy atom. The number of benzene rings is 1. The Hall–Kier alpha value is -2.50. The highest BCUT2D eigenvalue weighted by atomic mass is 16.5. The van der Waals surface area contributed by atoms with Crippen LogP contribution in [-0.2, 0) is 0 Å². The van der Waals surface area contributed by atoms with Crippen molar-refractivity contribution in [2.24, 2.45) is 0 Å². The van der Waals surface area contributed by atoms with Gasteiger partial charge in [0.25, 0.3) is 0 Å². The van der Waals surface area contributed by atoms with E-state index >= 15 is 0 Å². The molecule has 0 bridgehead atoms. The minimum Gasteiger partial charge on any atom is -0.497 e. The summed E-state index contributed by atoms with van der Waals surface area (Å²) in [6.45, 7) is 0. The van der Waals surface area contributed by atoms with Crippen LogP contribution in [0.1, 0.15) is 0 Å². The molecule has 0 radical (unpaired) electrons. The van der Waals surface area contributed by atoms with Gasteiger partial charge < -0.3 is 14.9 Å². The summed E-state index contributed by atoms with van der Waals surface area (Å²) in [6, 6.07) is 5.44. The third kappa shape index (κ3) is 1.50. The predicted molar refractivity (Wildman–Crippen MR) is 62.6 cm³/mol. The summed E-state index contributed by atoms with van der Waals surface area (Å²) in [5.74, 6) is 1.60. The Balaban J connectivity index is 2.17. The minimum atomic E-state index is 0.434. The van der Waals surface area contributed by atoms with Gasteiger partial charge in [0.1, 0.15) is 17.1 Å². The molecule has 0 spiro atoms. The molecule has 17 heavy (non-hydrogen) atoms. The van der Waals surface area contributed by atoms with Crippen molar-refractivity contribution in [3.63, 3.8) is 0 Å². The van der Waals surface area contributed by atoms with E-state index in [1.807, 2.05) is 12.1 Å². The smallest absolute Gasteiger partial charge is 0.232 e. The fraction of sp³-hybridized carbons (Fsp3) is 0.0909. The number of fused-ring (bicyclic) bond motifs is 1. The highest BCUT2D eigenvalue weighted by molar-refractivity contribution is 5.79. The van der Waals surface area contributed by atoms with Gasteiger partial charge in [-0.05, 0) is 12.1 Å². The number of methoxy groups -OCH3 is 1. The first-order chi connectivity index (χ1) is 8.28. The van der Waals surface area contributed by atoms with Gasteiger partial charge in [0.05, 0.1) is 18.9 Å². The lowest BCUT2D eigenvalue weighted by Gasteiger charge is -1.95. The van der Waals surface area contributed by atoms with Crippen LogP contribution in [0.15, 0.2) is 28.8 Å². The maximum Gasteiger partial charge on any atom is 0.232 e. The lowest BCUT2D eigenvalue weighted by Crippen LogP contribution is -1.87. The molecule has 0 atom stereocenters. The first kappa shape index (κ1) is 9.71. The summed E-state index contributed by atoms with van der Waals surface area (Å²) in [6.07, 6.45) is 1.58. The summed E-state index contributed by atoms with van der Waals surface area (Å²) in [4.78, 5) is 4.33. The molecule has 86 valence electrons. The van der Waals surface area contributed by atoms with Crippen molar-refractivity contribution in [1.82, 2.24) is 15.2 Å². The highest BCUT2D eigenvalue weighted by Crippen LogP contribution is 2.28. The van der Waals surface area contributed by atoms with Crippen molar-refractivity contribution in [3.05, 3.63) is 24.4 Å². The van der Waals surface area contributed by atoms with Crippen molar-refractivity contribution in [2.45, 2.75) is 0 Å². The molecule has 0 aliphatic heterocycles. The lowest BCUT2D eigenvalue weighted by atomic mass is 10.3. The third-order valence-electron chi connectivity index (χ3n) is 2.49. The summed E-state index contributed by atoms with van der Waals surface area (Å²) in [7, 11) is 1.60. The molecule has 3 rings (SSSR count). The Bertz CT molecular complexity index is 671. The zero-order valence-corrected chi connectivity index (χ0v) is 9.10. The molecular weight excluding hydrogens is 220 g/mol. The van der Waals surface area contributed by atoms with E-state index in [0.717, 1.165) is 11.3 Å². The largest absolute Gasteiger partial charge is 0.497 e. The van der Waals surface area contributed by atoms with Crippen molar-refractivity contribution in [1.29, 1.82) is 0 Å². The molecule has 0 aliphatic carbocycles. The molecular formula is C11H10N4O2. The number of ether oxygens (including phenoxy) is 1. The monoisotopic (exact) mass is 230 g/mol. The van der Waals surface area contributed by atoms with E-state index in [1.165, 1.54) is 0 Å². The van der Waals surface area contributed by atoms with Crippen LogP contribution in [-0.4, -0.2) is 22.3 Å². The van der Waals surface area contributed by atoms with Gasteiger partial charge in [-0.15, -0.1) is 0 Å². The molecule has 2 heterocycles. The Kier molecular flexibility index (Phi) is 2.01. The van der Waals surface area contributed by atoms with Gasteiger partial charge in [-0.25, -0.2) is 4.98 Å². The number of aromatic amines is 1. The number of nitrogens with one attached hydrogen (secondary N) is 1. The van der Waals surface area contributed by atoms with E-state index in [2.05, 4.69) is 15.2 Å². The normalized spacial score (nSPS) is 10.9. The van der Waals surface area contributed by atoms with Gasteiger partial charge in [0, 0.05) is 6.07 Å². The molecule has 6 nitrogen and oxygen atoms in total. The predicted octanol–water partition coefficient (Wildman–Crippen LogP) is 1.81. The first-order valence-corrected chi connectivity index (χ1v) is 5.02. The number of anilines is 1. The number of hydrogen-bond acceptors (Lipinski definition) is 5. The van der Waals surface area contributed by atoms with Crippen LogP contribution < -0.4 is 10.5 Å². The molecule has 2 aromatic heterocycles. The number of H-pyrrole nitrogens is 1. The van der Waals surface area contributed by atoms with Crippen molar-refractivity contribution in [3.8, 4) is 17.2 Å². The van der Waals surface area contributed by atoms with E-state index in [1.54, 1.807) is 19.4 Å². The summed E-state index contributed by atoms with van der Waals surface area (Å²) < 4.78 is 10.7. The summed E-state index contributed by atoms with van der Waals surface area (Å²) >= 11 is 0. The molecule has 3 aromatic rings. The maximum atomic E-state index is 5.71. The van der Waals surface area contributed by atoms with Crippen molar-refractivity contribution in [2.75, 3.05) is 12.8 Å². The van der Waals surface area contributed by atoms with E-state index in [4.69, 9.17) is 14.9 Å². The topological polar surface area (TPSA) is 90.0 Å². The quantitative estimate of drug-likeness (QED) is 0.700. The molecule has 0 saturated carbocycles. The number of oxazole rings is 1. The van der Waals surface area contributed by atoms with Gasteiger partial charge >= 0.3 is 0 Å². The molecule has 0 fully saturated rings. The third-order valence-corrected chi connectivity index (χ3v) is 2.49. The molecule has 3 N–H and O–H groups in total. The zero-order chi connectivity index (χ0) is 11.8. The second kappa shape index (κ2) is 3.51. The van der Waals surface area contributed by atoms with E-state index < -0.39 is 0 Å². The molecule has 6 heteroatoms. The fourth-order valence-electron chi connectivity index (χ4n) is 1.61. The number of nitrogens with zero attached hydrogens (tertiary/aromatic N) is 2. The molecule has 0 unspecified atom stereocenters. The van der Waals surface area contributed by atoms with Gasteiger partial charge in [-0.2, -0.15) is 5.10 Å². The summed E-state index contributed by atoms with van der Waals surface area (Å²) in [5, 5.41) is 6.46. The molecule has 0 aliphatic rings. The van der Waals surface area contributed by atoms with E-state index in [9.17, 15) is 0 Å². The summed E-state index contributed by atoms with van der Waals surface area (Å²) in [5.41, 5.74) is 7.76. The second-order valence-corrected chi connectivity index (χ2v) is 3.55. The maximum absolute atomic E-state index is 5.71. The van der Waals surface area contributed by atoms with Crippen molar-refractivity contribution < 1.29 is 9.15 Å². The van der Waals surface area contributed by atoms with E-state index in [0.29, 0.717) is 22.9 Å². The fourth-order valence-corrected chi connectivity index (χ4v) is 1.61. The van der Waals surface area contributed by atoms with E-state index in [-0.39, 0.29) is 0 Å². The van der Waals surface area contributed by atoms with Crippen LogP contribution in [0.5, 0.6) is 5.75 Å². The second-order valence-electron chi connectivity index (χ2n) is 3.55. The van der Waals surface area contributed by atoms with Crippen LogP contribution in [0, 0.1) is 0 Å². The molecule has 1 aromatic carbocycles. The molecule has 0 saturated heterocycles. The SMILES string of the molecule is COc1ccc2nc(-c3cn[nH]c3N)oc2c1. The number of aromatic nitrogens is 3. The Morgan fingerprint density at radius 1 is 1.41 bits per heavy atom. The number of nitrogens with two attached hydrogens (primary N) is 1. The Labute approximate surface area is 96.4 Å². The average Bonchev–Trinajstić information content (AvgIpc) is 2.93. The molecule has 0 amide bonds. The average molecular weight is 230 g/mol. The van der Waals surface area contributed by atoms with Gasteiger partial charge in [0.15, 0.2) is 5.58 Å². The van der Waals surface area contributed by atoms with Crippen LogP contribution in [0.3, 0.4) is 0 Å². The number of rotatable bonds is 2. The van der Waals surface area contributed by atoms with Gasteiger partial charge in [-0.3, -0.25) is 5.10 Å². The van der Waals surface area contributed by atoms with Crippen LogP contribution in [0.4, 0.5) is 5.82 Å². The van der Waals surface area contributed by atoms with Crippen LogP contribution in [0.2, 0.25) is 0 Å². The highest BCUT2D eigenvalue weighted by Gasteiger charge is 2.12. The standard InChI is InChI=1S/C11H10N4O2/c1-16-6-2-3-8-9(4-6)17-11(14-8)7-5-13-15-10(7)12/h2-5H,1H3,(H3,12,13,15). The van der Waals surface area contributed by atoms with Gasteiger partial charge in [0.2, 0.25) is 5.89 Å². The Morgan fingerprint density at radius 2 is 2.29 bits per heavy atom. The zero-order valence-electron chi connectivity index (χ0n) is 9.10. The van der Waals surface area contributed by atoms with Gasteiger partial charge in [-0.1, -0.05) is 0 Å². The number of hydrogen-bond donors (Lipinski definition) is 2.